The van der Waals surface area contributed by atoms with E-state index < -0.39 is 23.4 Å². The van der Waals surface area contributed by atoms with E-state index in [9.17, 15) is 19.8 Å². The predicted octanol–water partition coefficient (Wildman–Crippen LogP) is 0.910. The maximum absolute atomic E-state index is 11.1. The van der Waals surface area contributed by atoms with Crippen LogP contribution in [0.1, 0.15) is 31.8 Å². The van der Waals surface area contributed by atoms with Gasteiger partial charge in [-0.2, -0.15) is 0 Å². The second kappa shape index (κ2) is 9.84. The Hall–Kier alpha value is -3.19. The van der Waals surface area contributed by atoms with Crippen molar-refractivity contribution >= 4 is 24.4 Å². The Bertz CT molecular complexity index is 740. The molecule has 0 amide bonds. The van der Waals surface area contributed by atoms with Gasteiger partial charge in [0, 0.05) is 12.4 Å². The average Bonchev–Trinajstić information content (AvgIpc) is 2.55. The fourth-order valence-electron chi connectivity index (χ4n) is 1.67. The third kappa shape index (κ3) is 5.44. The van der Waals surface area contributed by atoms with Gasteiger partial charge in [0.2, 0.25) is 0 Å². The summed E-state index contributed by atoms with van der Waals surface area (Å²) in [6.07, 6.45) is 1.68. The van der Waals surface area contributed by atoms with E-state index >= 15 is 0 Å². The molecule has 25 heavy (non-hydrogen) atoms. The maximum atomic E-state index is 11.1. The fraction of sp³-hybridized carbons (Fsp3) is 0. The molecule has 0 aliphatic carbocycles. The van der Waals surface area contributed by atoms with Crippen LogP contribution in [-0.4, -0.2) is 34.6 Å². The summed E-state index contributed by atoms with van der Waals surface area (Å²) in [6.45, 7) is 0. The van der Waals surface area contributed by atoms with Crippen LogP contribution < -0.4 is 10.2 Å². The summed E-state index contributed by atoms with van der Waals surface area (Å²) in [5.74, 6) is -3.74. The largest absolute Gasteiger partial charge is 2.00 e. The Morgan fingerprint density at radius 1 is 0.800 bits per heavy atom. The number of carboxylic acid groups (broad SMARTS) is 2. The molecule has 0 spiro atoms. The van der Waals surface area contributed by atoms with Crippen molar-refractivity contribution in [1.82, 2.24) is 0 Å². The number of carboxylic acids is 2. The molecule has 0 aliphatic rings. The number of hydrogen-bond donors (Lipinski definition) is 4. The molecule has 0 aliphatic heterocycles. The molecule has 2 aromatic rings. The van der Waals surface area contributed by atoms with Gasteiger partial charge < -0.3 is 31.2 Å². The topological polar surface area (TPSA) is 168 Å². The standard InChI is InChI=1S/2C8H7NO3.Ni/c2*9-4-5-2-1-3-6(7(5)10)8(11)12;/h2*1-4,9-10H,(H,11,12);/q;;+2/p-2. The molecule has 0 heterocycles. The zero-order chi connectivity index (χ0) is 18.3. The van der Waals surface area contributed by atoms with Gasteiger partial charge in [0.15, 0.2) is 0 Å². The molecular formula is C16H12N2NiO6. The van der Waals surface area contributed by atoms with Gasteiger partial charge >= 0.3 is 28.4 Å². The van der Waals surface area contributed by atoms with Gasteiger partial charge in [0.1, 0.15) is 0 Å². The van der Waals surface area contributed by atoms with Crippen molar-refractivity contribution < 1.29 is 46.5 Å². The van der Waals surface area contributed by atoms with Crippen LogP contribution in [0.4, 0.5) is 0 Å². The third-order valence-corrected chi connectivity index (χ3v) is 2.86. The van der Waals surface area contributed by atoms with Crippen LogP contribution >= 0.6 is 0 Å². The molecule has 9 heteroatoms. The van der Waals surface area contributed by atoms with E-state index in [2.05, 4.69) is 0 Å². The van der Waals surface area contributed by atoms with Gasteiger partial charge in [-0.05, 0) is 23.3 Å². The normalized spacial score (nSPS) is 8.96. The minimum Gasteiger partial charge on any atom is -0.871 e. The Morgan fingerprint density at radius 3 is 1.36 bits per heavy atom. The van der Waals surface area contributed by atoms with E-state index in [1.165, 1.54) is 36.4 Å². The van der Waals surface area contributed by atoms with Crippen LogP contribution in [0.3, 0.4) is 0 Å². The Kier molecular flexibility index (Phi) is 8.59. The first kappa shape index (κ1) is 21.8. The summed E-state index contributed by atoms with van der Waals surface area (Å²) >= 11 is 0. The first-order valence-electron chi connectivity index (χ1n) is 6.41. The molecule has 0 saturated carbocycles. The van der Waals surface area contributed by atoms with Crippen LogP contribution in [-0.2, 0) is 16.5 Å². The van der Waals surface area contributed by atoms with Gasteiger partial charge in [-0.15, -0.1) is 0 Å². The number of nitrogens with one attached hydrogen (secondary N) is 2. The molecule has 0 atom stereocenters. The molecule has 0 unspecified atom stereocenters. The van der Waals surface area contributed by atoms with E-state index in [1.54, 1.807) is 0 Å². The Labute approximate surface area is 152 Å². The van der Waals surface area contributed by atoms with Gasteiger partial charge in [0.25, 0.3) is 0 Å². The Morgan fingerprint density at radius 2 is 1.12 bits per heavy atom. The molecule has 0 aromatic heterocycles. The van der Waals surface area contributed by atoms with Crippen LogP contribution in [0.15, 0.2) is 36.4 Å². The van der Waals surface area contributed by atoms with E-state index in [0.717, 1.165) is 12.4 Å². The summed E-state index contributed by atoms with van der Waals surface area (Å²) in [6, 6.07) is 8.12. The zero-order valence-corrected chi connectivity index (χ0v) is 13.5. The minimum atomic E-state index is -1.26. The molecule has 0 radical (unpaired) electrons. The molecule has 4 N–H and O–H groups in total. The van der Waals surface area contributed by atoms with Crippen molar-refractivity contribution in [3.05, 3.63) is 58.7 Å². The predicted molar refractivity (Wildman–Crippen MR) is 81.5 cm³/mol. The fourth-order valence-corrected chi connectivity index (χ4v) is 1.67. The summed E-state index contributed by atoms with van der Waals surface area (Å²) in [5.41, 5.74) is -0.406. The van der Waals surface area contributed by atoms with Crippen molar-refractivity contribution in [1.29, 1.82) is 10.8 Å². The number of hydrogen-bond acceptors (Lipinski definition) is 6. The smallest absolute Gasteiger partial charge is 0.871 e. The van der Waals surface area contributed by atoms with Crippen LogP contribution in [0.5, 0.6) is 11.5 Å². The first-order valence-corrected chi connectivity index (χ1v) is 6.41. The van der Waals surface area contributed by atoms with Gasteiger partial charge in [-0.1, -0.05) is 35.8 Å². The minimum absolute atomic E-state index is 0. The molecule has 0 fully saturated rings. The van der Waals surface area contributed by atoms with Gasteiger partial charge in [0.05, 0.1) is 11.1 Å². The Balaban J connectivity index is 0.000000443. The van der Waals surface area contributed by atoms with Crippen molar-refractivity contribution in [2.75, 3.05) is 0 Å². The summed E-state index contributed by atoms with van der Waals surface area (Å²) in [4.78, 5) is 20.8. The molecule has 132 valence electrons. The molecule has 0 bridgehead atoms. The second-order valence-corrected chi connectivity index (χ2v) is 4.35. The SMILES string of the molecule is N=Cc1cccc(C(=O)O)c1[O-].N=Cc1cccc(C(=O)O)c1[O-].[Ni+2]. The number of benzene rings is 2. The summed E-state index contributed by atoms with van der Waals surface area (Å²) in [5, 5.41) is 52.8. The number of carbonyl (C=O) groups is 2. The van der Waals surface area contributed by atoms with E-state index in [1.807, 2.05) is 0 Å². The molecule has 2 rings (SSSR count). The summed E-state index contributed by atoms with van der Waals surface area (Å²) in [7, 11) is 0. The average molecular weight is 387 g/mol. The van der Waals surface area contributed by atoms with Crippen LogP contribution in [0.2, 0.25) is 0 Å². The molecular weight excluding hydrogens is 375 g/mol. The molecule has 8 nitrogen and oxygen atoms in total. The third-order valence-electron chi connectivity index (χ3n) is 2.86. The van der Waals surface area contributed by atoms with Crippen molar-refractivity contribution in [3.8, 4) is 11.5 Å². The maximum Gasteiger partial charge on any atom is 2.00 e. The first-order chi connectivity index (χ1) is 11.3. The van der Waals surface area contributed by atoms with Gasteiger partial charge in [-0.25, -0.2) is 9.59 Å². The van der Waals surface area contributed by atoms with E-state index in [0.29, 0.717) is 0 Å². The zero-order valence-electron chi connectivity index (χ0n) is 12.5. The van der Waals surface area contributed by atoms with Crippen molar-refractivity contribution in [2.24, 2.45) is 0 Å². The molecule has 2 aromatic carbocycles. The quantitative estimate of drug-likeness (QED) is 0.449. The van der Waals surface area contributed by atoms with E-state index in [4.69, 9.17) is 21.0 Å². The second-order valence-electron chi connectivity index (χ2n) is 4.35. The van der Waals surface area contributed by atoms with Crippen molar-refractivity contribution in [3.63, 3.8) is 0 Å². The van der Waals surface area contributed by atoms with Crippen LogP contribution in [0.25, 0.3) is 0 Å². The van der Waals surface area contributed by atoms with Crippen molar-refractivity contribution in [2.45, 2.75) is 0 Å². The summed E-state index contributed by atoms with van der Waals surface area (Å²) < 4.78 is 0. The number of aromatic carboxylic acids is 2. The number of rotatable bonds is 4. The van der Waals surface area contributed by atoms with Gasteiger partial charge in [-0.3, -0.25) is 0 Å². The number of para-hydroxylation sites is 2. The monoisotopic (exact) mass is 386 g/mol. The van der Waals surface area contributed by atoms with Crippen LogP contribution in [0, 0.1) is 10.8 Å². The van der Waals surface area contributed by atoms with E-state index in [-0.39, 0.29) is 38.7 Å². The molecule has 0 saturated heterocycles.